The molecule has 8 heteroatoms. The number of aromatic nitrogens is 1. The number of Topliss-reactive ketones (excluding diaryl/α,β-unsaturated/α-hetero) is 1. The molecule has 7 nitrogen and oxygen atoms in total. The van der Waals surface area contributed by atoms with E-state index in [-0.39, 0.29) is 11.3 Å². The lowest BCUT2D eigenvalue weighted by atomic mass is 9.94. The number of aryl methyl sites for hydroxylation is 2. The van der Waals surface area contributed by atoms with Gasteiger partial charge in [0.25, 0.3) is 5.78 Å². The summed E-state index contributed by atoms with van der Waals surface area (Å²) in [6, 6.07) is 17.0. The van der Waals surface area contributed by atoms with Crippen LogP contribution in [0.25, 0.3) is 16.0 Å². The van der Waals surface area contributed by atoms with Gasteiger partial charge in [-0.25, -0.2) is 4.98 Å². The highest BCUT2D eigenvalue weighted by Crippen LogP contribution is 2.48. The second kappa shape index (κ2) is 9.13. The fourth-order valence-corrected chi connectivity index (χ4v) is 5.83. The third kappa shape index (κ3) is 3.70. The van der Waals surface area contributed by atoms with E-state index in [4.69, 9.17) is 14.5 Å². The highest BCUT2D eigenvalue weighted by atomic mass is 32.1. The molecule has 3 aromatic carbocycles. The second-order valence-electron chi connectivity index (χ2n) is 8.54. The van der Waals surface area contributed by atoms with Crippen LogP contribution < -0.4 is 14.4 Å². The van der Waals surface area contributed by atoms with E-state index in [1.807, 2.05) is 32.0 Å². The van der Waals surface area contributed by atoms with Crippen molar-refractivity contribution in [3.8, 4) is 11.5 Å². The van der Waals surface area contributed by atoms with Crippen molar-refractivity contribution in [3.63, 3.8) is 0 Å². The van der Waals surface area contributed by atoms with Crippen molar-refractivity contribution in [1.82, 2.24) is 4.98 Å². The summed E-state index contributed by atoms with van der Waals surface area (Å²) in [5.41, 5.74) is 3.71. The number of amides is 1. The van der Waals surface area contributed by atoms with E-state index < -0.39 is 17.7 Å². The molecular weight excluding hydrogens is 476 g/mol. The van der Waals surface area contributed by atoms with Crippen LogP contribution in [0.4, 0.5) is 5.13 Å². The molecule has 36 heavy (non-hydrogen) atoms. The number of hydrogen-bond donors (Lipinski definition) is 1. The van der Waals surface area contributed by atoms with E-state index in [2.05, 4.69) is 0 Å². The van der Waals surface area contributed by atoms with Gasteiger partial charge in [-0.15, -0.1) is 0 Å². The van der Waals surface area contributed by atoms with E-state index in [0.717, 1.165) is 21.3 Å². The molecule has 1 aliphatic heterocycles. The molecule has 1 amide bonds. The lowest BCUT2D eigenvalue weighted by Gasteiger charge is -2.25. The summed E-state index contributed by atoms with van der Waals surface area (Å²) in [5.74, 6) is -1.02. The van der Waals surface area contributed by atoms with Gasteiger partial charge in [-0.2, -0.15) is 0 Å². The zero-order valence-electron chi connectivity index (χ0n) is 20.2. The van der Waals surface area contributed by atoms with Crippen molar-refractivity contribution >= 4 is 44.1 Å². The van der Waals surface area contributed by atoms with Gasteiger partial charge in [0.05, 0.1) is 30.0 Å². The molecule has 1 fully saturated rings. The maximum absolute atomic E-state index is 13.5. The van der Waals surface area contributed by atoms with Gasteiger partial charge >= 0.3 is 5.91 Å². The molecule has 0 radical (unpaired) electrons. The number of anilines is 1. The summed E-state index contributed by atoms with van der Waals surface area (Å²) >= 11 is 1.33. The van der Waals surface area contributed by atoms with E-state index in [9.17, 15) is 14.7 Å². The third-order valence-corrected chi connectivity index (χ3v) is 7.25. The predicted molar refractivity (Wildman–Crippen MR) is 140 cm³/mol. The van der Waals surface area contributed by atoms with Gasteiger partial charge in [0.2, 0.25) is 0 Å². The summed E-state index contributed by atoms with van der Waals surface area (Å²) in [5, 5.41) is 11.7. The number of carbonyl (C=O) groups is 2. The van der Waals surface area contributed by atoms with Crippen molar-refractivity contribution in [3.05, 3.63) is 88.5 Å². The third-order valence-electron chi connectivity index (χ3n) is 6.24. The molecule has 0 unspecified atom stereocenters. The number of ether oxygens (including phenoxy) is 2. The average Bonchev–Trinajstić information content (AvgIpc) is 3.42. The van der Waals surface area contributed by atoms with Crippen molar-refractivity contribution in [2.75, 3.05) is 19.1 Å². The van der Waals surface area contributed by atoms with Gasteiger partial charge < -0.3 is 14.6 Å². The Morgan fingerprint density at radius 3 is 2.44 bits per heavy atom. The Bertz CT molecular complexity index is 1540. The number of fused-ring (bicyclic) bond motifs is 1. The van der Waals surface area contributed by atoms with E-state index in [1.54, 1.807) is 42.5 Å². The molecule has 0 saturated carbocycles. The lowest BCUT2D eigenvalue weighted by Crippen LogP contribution is -2.29. The number of methoxy groups -OCH3 is 2. The van der Waals surface area contributed by atoms with Gasteiger partial charge in [0.15, 0.2) is 16.6 Å². The fourth-order valence-electron chi connectivity index (χ4n) is 4.66. The lowest BCUT2D eigenvalue weighted by molar-refractivity contribution is -0.132. The number of aliphatic hydroxyl groups is 1. The molecule has 2 heterocycles. The zero-order chi connectivity index (χ0) is 25.6. The van der Waals surface area contributed by atoms with Crippen LogP contribution in [0.15, 0.2) is 66.2 Å². The van der Waals surface area contributed by atoms with Gasteiger partial charge in [0.1, 0.15) is 11.8 Å². The first-order chi connectivity index (χ1) is 17.3. The highest BCUT2D eigenvalue weighted by Gasteiger charge is 2.49. The maximum Gasteiger partial charge on any atom is 0.301 e. The van der Waals surface area contributed by atoms with Crippen molar-refractivity contribution in [1.29, 1.82) is 0 Å². The van der Waals surface area contributed by atoms with Crippen LogP contribution in [0.2, 0.25) is 0 Å². The topological polar surface area (TPSA) is 89.0 Å². The summed E-state index contributed by atoms with van der Waals surface area (Å²) in [6.07, 6.45) is 0. The molecule has 1 aliphatic rings. The van der Waals surface area contributed by atoms with Crippen LogP contribution in [0, 0.1) is 13.8 Å². The Morgan fingerprint density at radius 1 is 1.00 bits per heavy atom. The number of hydrogen-bond acceptors (Lipinski definition) is 7. The van der Waals surface area contributed by atoms with Crippen molar-refractivity contribution in [2.45, 2.75) is 19.9 Å². The molecule has 0 spiro atoms. The molecule has 1 saturated heterocycles. The first kappa shape index (κ1) is 23.6. The Balaban J connectivity index is 1.80. The molecule has 1 atom stereocenters. The number of nitrogens with zero attached hydrogens (tertiary/aromatic N) is 2. The number of rotatable bonds is 5. The number of thiazole rings is 1. The Morgan fingerprint density at radius 2 is 1.75 bits per heavy atom. The molecule has 5 rings (SSSR count). The smallest absolute Gasteiger partial charge is 0.301 e. The predicted octanol–water partition coefficient (Wildman–Crippen LogP) is 5.56. The number of ketones is 1. The second-order valence-corrected chi connectivity index (χ2v) is 9.55. The highest BCUT2D eigenvalue weighted by molar-refractivity contribution is 7.22. The monoisotopic (exact) mass is 500 g/mol. The molecule has 0 aliphatic carbocycles. The van der Waals surface area contributed by atoms with Crippen molar-refractivity contribution in [2.24, 2.45) is 0 Å². The van der Waals surface area contributed by atoms with Gasteiger partial charge in [-0.1, -0.05) is 59.9 Å². The van der Waals surface area contributed by atoms with Crippen LogP contribution in [0.5, 0.6) is 11.5 Å². The van der Waals surface area contributed by atoms with Crippen LogP contribution >= 0.6 is 11.3 Å². The molecular formula is C28H24N2O5S. The normalized spacial score (nSPS) is 17.1. The number of aliphatic hydroxyl groups excluding tert-OH is 1. The molecule has 0 bridgehead atoms. The minimum Gasteiger partial charge on any atom is -0.507 e. The number of benzene rings is 3. The van der Waals surface area contributed by atoms with E-state index >= 15 is 0 Å². The molecule has 182 valence electrons. The van der Waals surface area contributed by atoms with Crippen LogP contribution in [0.3, 0.4) is 0 Å². The molecule has 1 aromatic heterocycles. The summed E-state index contributed by atoms with van der Waals surface area (Å²) < 4.78 is 12.1. The standard InChI is InChI=1S/C28H24N2O5S/c1-15-13-16(2)22-20(14-15)36-28(29-22)30-23(18-11-8-12-19(34-3)26(18)35-4)21(25(32)27(30)33)24(31)17-9-6-5-7-10-17/h5-14,23,31H,1-4H3/b24-21+/t23-/m0/s1. The van der Waals surface area contributed by atoms with Crippen LogP contribution in [-0.4, -0.2) is 36.0 Å². The van der Waals surface area contributed by atoms with Crippen molar-refractivity contribution < 1.29 is 24.2 Å². The Labute approximate surface area is 212 Å². The molecule has 1 N–H and O–H groups in total. The summed E-state index contributed by atoms with van der Waals surface area (Å²) in [7, 11) is 3.01. The average molecular weight is 501 g/mol. The summed E-state index contributed by atoms with van der Waals surface area (Å²) in [4.78, 5) is 33.1. The van der Waals surface area contributed by atoms with Gasteiger partial charge in [-0.05, 0) is 37.1 Å². The van der Waals surface area contributed by atoms with Crippen LogP contribution in [0.1, 0.15) is 28.3 Å². The SMILES string of the molecule is COc1cccc([C@H]2/C(=C(\O)c3ccccc3)C(=O)C(=O)N2c2nc3c(C)cc(C)cc3s2)c1OC. The van der Waals surface area contributed by atoms with Gasteiger partial charge in [0, 0.05) is 11.1 Å². The quantitative estimate of drug-likeness (QED) is 0.219. The largest absolute Gasteiger partial charge is 0.507 e. The van der Waals surface area contributed by atoms with E-state index in [1.165, 1.54) is 30.5 Å². The van der Waals surface area contributed by atoms with E-state index in [0.29, 0.717) is 27.8 Å². The number of para-hydroxylation sites is 1. The van der Waals surface area contributed by atoms with Crippen LogP contribution in [-0.2, 0) is 9.59 Å². The Kier molecular flexibility index (Phi) is 5.97. The number of carbonyl (C=O) groups excluding carboxylic acids is 2. The maximum atomic E-state index is 13.5. The Hall–Kier alpha value is -4.17. The minimum absolute atomic E-state index is 0.0371. The summed E-state index contributed by atoms with van der Waals surface area (Å²) in [6.45, 7) is 3.96. The first-order valence-corrected chi connectivity index (χ1v) is 12.1. The molecule has 4 aromatic rings. The minimum atomic E-state index is -0.975. The first-order valence-electron chi connectivity index (χ1n) is 11.3. The fraction of sp³-hybridized carbons (Fsp3) is 0.179. The van der Waals surface area contributed by atoms with Gasteiger partial charge in [-0.3, -0.25) is 14.5 Å². The zero-order valence-corrected chi connectivity index (χ0v) is 21.1.